The van der Waals surface area contributed by atoms with Crippen LogP contribution in [0.2, 0.25) is 0 Å². The molecule has 1 fully saturated rings. The molecule has 2 aromatic heterocycles. The van der Waals surface area contributed by atoms with Crippen molar-refractivity contribution in [3.63, 3.8) is 0 Å². The molecule has 0 radical (unpaired) electrons. The molecule has 0 atom stereocenters. The number of anilines is 1. The monoisotopic (exact) mass is 350 g/mol. The van der Waals surface area contributed by atoms with Gasteiger partial charge in [0.25, 0.3) is 5.91 Å². The van der Waals surface area contributed by atoms with E-state index in [4.69, 9.17) is 0 Å². The summed E-state index contributed by atoms with van der Waals surface area (Å²) in [5.41, 5.74) is 1.70. The van der Waals surface area contributed by atoms with Gasteiger partial charge in [0.05, 0.1) is 4.88 Å². The maximum Gasteiger partial charge on any atom is 0.272 e. The highest BCUT2D eigenvalue weighted by atomic mass is 32.1. The third-order valence-corrected chi connectivity index (χ3v) is 5.38. The number of aromatic nitrogens is 2. The van der Waals surface area contributed by atoms with Gasteiger partial charge in [-0.2, -0.15) is 0 Å². The minimum atomic E-state index is 0.00404. The SMILES string of the molecule is O=C(c1ccccn1)N1CCN(c2ncc(-c3ccccc3)s2)CC1. The molecule has 0 N–H and O–H groups in total. The van der Waals surface area contributed by atoms with Crippen LogP contribution in [0.5, 0.6) is 0 Å². The lowest BCUT2D eigenvalue weighted by atomic mass is 10.2. The van der Waals surface area contributed by atoms with Crippen molar-refractivity contribution in [2.24, 2.45) is 0 Å². The van der Waals surface area contributed by atoms with Crippen LogP contribution >= 0.6 is 11.3 Å². The van der Waals surface area contributed by atoms with Gasteiger partial charge in [-0.1, -0.05) is 47.7 Å². The highest BCUT2D eigenvalue weighted by Gasteiger charge is 2.24. The van der Waals surface area contributed by atoms with Crippen LogP contribution in [-0.2, 0) is 0 Å². The Balaban J connectivity index is 1.41. The summed E-state index contributed by atoms with van der Waals surface area (Å²) >= 11 is 1.70. The Morgan fingerprint density at radius 1 is 0.920 bits per heavy atom. The first kappa shape index (κ1) is 15.8. The zero-order chi connectivity index (χ0) is 17.1. The van der Waals surface area contributed by atoms with Crippen LogP contribution in [0, 0.1) is 0 Å². The number of amides is 1. The van der Waals surface area contributed by atoms with E-state index < -0.39 is 0 Å². The summed E-state index contributed by atoms with van der Waals surface area (Å²) in [4.78, 5) is 26.5. The third kappa shape index (κ3) is 3.39. The Morgan fingerprint density at radius 2 is 1.68 bits per heavy atom. The second-order valence-electron chi connectivity index (χ2n) is 5.87. The maximum absolute atomic E-state index is 12.5. The molecular formula is C19H18N4OS. The van der Waals surface area contributed by atoms with Crippen molar-refractivity contribution in [1.29, 1.82) is 0 Å². The van der Waals surface area contributed by atoms with Gasteiger partial charge in [-0.05, 0) is 17.7 Å². The van der Waals surface area contributed by atoms with E-state index in [0.717, 1.165) is 18.2 Å². The summed E-state index contributed by atoms with van der Waals surface area (Å²) in [6.07, 6.45) is 3.59. The third-order valence-electron chi connectivity index (χ3n) is 4.27. The number of hydrogen-bond donors (Lipinski definition) is 0. The van der Waals surface area contributed by atoms with E-state index >= 15 is 0 Å². The average molecular weight is 350 g/mol. The number of carbonyl (C=O) groups is 1. The Morgan fingerprint density at radius 3 is 2.40 bits per heavy atom. The van der Waals surface area contributed by atoms with Gasteiger partial charge < -0.3 is 9.80 Å². The molecule has 1 amide bonds. The lowest BCUT2D eigenvalue weighted by Crippen LogP contribution is -2.48. The molecule has 1 aromatic carbocycles. The molecule has 0 aliphatic carbocycles. The molecule has 0 unspecified atom stereocenters. The fourth-order valence-corrected chi connectivity index (χ4v) is 3.87. The molecule has 1 aliphatic heterocycles. The van der Waals surface area contributed by atoms with E-state index in [1.54, 1.807) is 23.6 Å². The molecule has 0 saturated carbocycles. The van der Waals surface area contributed by atoms with E-state index in [2.05, 4.69) is 27.0 Å². The fourth-order valence-electron chi connectivity index (χ4n) is 2.90. The van der Waals surface area contributed by atoms with Gasteiger partial charge in [0.2, 0.25) is 0 Å². The second kappa shape index (κ2) is 7.03. The van der Waals surface area contributed by atoms with Crippen molar-refractivity contribution >= 4 is 22.4 Å². The summed E-state index contributed by atoms with van der Waals surface area (Å²) in [6.45, 7) is 2.96. The van der Waals surface area contributed by atoms with Gasteiger partial charge in [0.1, 0.15) is 5.69 Å². The van der Waals surface area contributed by atoms with Crippen molar-refractivity contribution in [1.82, 2.24) is 14.9 Å². The Kier molecular flexibility index (Phi) is 4.43. The zero-order valence-electron chi connectivity index (χ0n) is 13.7. The number of thiazole rings is 1. The number of pyridine rings is 1. The normalized spacial score (nSPS) is 14.6. The zero-order valence-corrected chi connectivity index (χ0v) is 14.5. The van der Waals surface area contributed by atoms with E-state index in [-0.39, 0.29) is 5.91 Å². The first-order valence-electron chi connectivity index (χ1n) is 8.28. The molecule has 3 heterocycles. The van der Waals surface area contributed by atoms with E-state index in [9.17, 15) is 4.79 Å². The van der Waals surface area contributed by atoms with Crippen molar-refractivity contribution in [2.45, 2.75) is 0 Å². The van der Waals surface area contributed by atoms with Gasteiger partial charge in [-0.25, -0.2) is 4.98 Å². The van der Waals surface area contributed by atoms with E-state index in [0.29, 0.717) is 18.8 Å². The lowest BCUT2D eigenvalue weighted by Gasteiger charge is -2.34. The first-order valence-corrected chi connectivity index (χ1v) is 9.09. The topological polar surface area (TPSA) is 49.3 Å². The summed E-state index contributed by atoms with van der Waals surface area (Å²) in [5.74, 6) is 0.00404. The summed E-state index contributed by atoms with van der Waals surface area (Å²) in [5, 5.41) is 1.02. The summed E-state index contributed by atoms with van der Waals surface area (Å²) in [6, 6.07) is 15.7. The van der Waals surface area contributed by atoms with Gasteiger partial charge in [0, 0.05) is 38.6 Å². The predicted octanol–water partition coefficient (Wildman–Crippen LogP) is 3.17. The van der Waals surface area contributed by atoms with Gasteiger partial charge >= 0.3 is 0 Å². The molecule has 4 rings (SSSR count). The molecule has 0 bridgehead atoms. The number of carbonyl (C=O) groups excluding carboxylic acids is 1. The number of piperazine rings is 1. The van der Waals surface area contributed by atoms with Gasteiger partial charge in [0.15, 0.2) is 5.13 Å². The second-order valence-corrected chi connectivity index (χ2v) is 6.88. The van der Waals surface area contributed by atoms with Crippen LogP contribution in [0.3, 0.4) is 0 Å². The Hall–Kier alpha value is -2.73. The average Bonchev–Trinajstić information content (AvgIpc) is 3.19. The molecule has 3 aromatic rings. The van der Waals surface area contributed by atoms with Crippen LogP contribution in [0.15, 0.2) is 60.9 Å². The predicted molar refractivity (Wildman–Crippen MR) is 99.9 cm³/mol. The maximum atomic E-state index is 12.5. The highest BCUT2D eigenvalue weighted by Crippen LogP contribution is 2.31. The molecule has 0 spiro atoms. The van der Waals surface area contributed by atoms with Crippen LogP contribution in [0.25, 0.3) is 10.4 Å². The minimum absolute atomic E-state index is 0.00404. The van der Waals surface area contributed by atoms with E-state index in [1.807, 2.05) is 41.4 Å². The Labute approximate surface area is 150 Å². The molecule has 1 aliphatic rings. The quantitative estimate of drug-likeness (QED) is 0.728. The molecule has 5 nitrogen and oxygen atoms in total. The summed E-state index contributed by atoms with van der Waals surface area (Å²) < 4.78 is 0. The van der Waals surface area contributed by atoms with Crippen molar-refractivity contribution in [2.75, 3.05) is 31.1 Å². The van der Waals surface area contributed by atoms with Crippen LogP contribution < -0.4 is 4.90 Å². The molecular weight excluding hydrogens is 332 g/mol. The van der Waals surface area contributed by atoms with Crippen molar-refractivity contribution in [3.8, 4) is 10.4 Å². The van der Waals surface area contributed by atoms with Crippen molar-refractivity contribution in [3.05, 3.63) is 66.6 Å². The number of nitrogens with zero attached hydrogens (tertiary/aromatic N) is 4. The van der Waals surface area contributed by atoms with E-state index in [1.165, 1.54) is 10.4 Å². The molecule has 126 valence electrons. The largest absolute Gasteiger partial charge is 0.345 e. The number of rotatable bonds is 3. The number of hydrogen-bond acceptors (Lipinski definition) is 5. The van der Waals surface area contributed by atoms with Gasteiger partial charge in [-0.15, -0.1) is 0 Å². The lowest BCUT2D eigenvalue weighted by molar-refractivity contribution is 0.0741. The fraction of sp³-hybridized carbons (Fsp3) is 0.211. The Bertz CT molecular complexity index is 842. The molecule has 1 saturated heterocycles. The first-order chi connectivity index (χ1) is 12.3. The smallest absolute Gasteiger partial charge is 0.272 e. The van der Waals surface area contributed by atoms with Gasteiger partial charge in [-0.3, -0.25) is 9.78 Å². The van der Waals surface area contributed by atoms with Crippen LogP contribution in [-0.4, -0.2) is 47.0 Å². The van der Waals surface area contributed by atoms with Crippen molar-refractivity contribution < 1.29 is 4.79 Å². The van der Waals surface area contributed by atoms with Crippen LogP contribution in [0.1, 0.15) is 10.5 Å². The summed E-state index contributed by atoms with van der Waals surface area (Å²) in [7, 11) is 0. The van der Waals surface area contributed by atoms with Crippen LogP contribution in [0.4, 0.5) is 5.13 Å². The number of benzene rings is 1. The minimum Gasteiger partial charge on any atom is -0.345 e. The molecule has 25 heavy (non-hydrogen) atoms. The molecule has 6 heteroatoms. The standard InChI is InChI=1S/C19H18N4OS/c24-18(16-8-4-5-9-20-16)22-10-12-23(13-11-22)19-21-14-17(25-19)15-6-2-1-3-7-15/h1-9,14H,10-13H2. The highest BCUT2D eigenvalue weighted by molar-refractivity contribution is 7.18.